The summed E-state index contributed by atoms with van der Waals surface area (Å²) < 4.78 is 82.6. The van der Waals surface area contributed by atoms with Crippen molar-refractivity contribution in [3.8, 4) is 0 Å². The van der Waals surface area contributed by atoms with Gasteiger partial charge in [0.05, 0.1) is 48.0 Å². The van der Waals surface area contributed by atoms with Crippen LogP contribution >= 0.6 is 0 Å². The van der Waals surface area contributed by atoms with E-state index in [1.807, 2.05) is 0 Å². The van der Waals surface area contributed by atoms with E-state index in [1.165, 1.54) is 16.9 Å². The number of amides is 1. The topological polar surface area (TPSA) is 119 Å². The van der Waals surface area contributed by atoms with Crippen molar-refractivity contribution >= 4 is 28.8 Å². The van der Waals surface area contributed by atoms with Gasteiger partial charge in [0.1, 0.15) is 11.0 Å². The van der Waals surface area contributed by atoms with Crippen molar-refractivity contribution in [1.29, 1.82) is 0 Å². The zero-order valence-electron chi connectivity index (χ0n) is 22.0. The zero-order chi connectivity index (χ0) is 29.3. The molecular weight excluding hydrogens is 559 g/mol. The van der Waals surface area contributed by atoms with Crippen molar-refractivity contribution in [2.24, 2.45) is 10.3 Å². The van der Waals surface area contributed by atoms with Crippen molar-refractivity contribution < 1.29 is 31.0 Å². The van der Waals surface area contributed by atoms with Crippen LogP contribution in [-0.2, 0) is 17.5 Å². The number of alkyl halides is 5. The molecule has 1 fully saturated rings. The lowest BCUT2D eigenvalue weighted by molar-refractivity contribution is -0.137. The number of hydrogen-bond acceptors (Lipinski definition) is 6. The van der Waals surface area contributed by atoms with Gasteiger partial charge >= 0.3 is 6.18 Å². The van der Waals surface area contributed by atoms with Gasteiger partial charge in [0, 0.05) is 24.6 Å². The van der Waals surface area contributed by atoms with E-state index in [0.717, 1.165) is 11.0 Å². The minimum Gasteiger partial charge on any atom is -0.342 e. The number of carbonyl (C=O) groups is 1. The predicted molar refractivity (Wildman–Crippen MR) is 136 cm³/mol. The summed E-state index contributed by atoms with van der Waals surface area (Å²) in [7, 11) is -1.48. The molecule has 1 aliphatic rings. The predicted octanol–water partition coefficient (Wildman–Crippen LogP) is 4.45. The van der Waals surface area contributed by atoms with Crippen LogP contribution in [0.4, 0.5) is 22.0 Å². The van der Waals surface area contributed by atoms with Crippen molar-refractivity contribution in [2.45, 2.75) is 82.3 Å². The summed E-state index contributed by atoms with van der Waals surface area (Å²) in [6.45, 7) is 4.83. The second-order valence-electron chi connectivity index (χ2n) is 10.7. The Morgan fingerprint density at radius 1 is 1.23 bits per heavy atom. The monoisotopic (exact) mass is 588 g/mol. The lowest BCUT2D eigenvalue weighted by Crippen LogP contribution is -2.37. The van der Waals surface area contributed by atoms with Crippen molar-refractivity contribution in [3.63, 3.8) is 0 Å². The van der Waals surface area contributed by atoms with Crippen LogP contribution in [0.3, 0.4) is 0 Å². The third-order valence-electron chi connectivity index (χ3n) is 6.38. The van der Waals surface area contributed by atoms with Gasteiger partial charge in [-0.25, -0.2) is 22.5 Å². The van der Waals surface area contributed by atoms with Gasteiger partial charge in [-0.1, -0.05) is 0 Å². The number of fused-ring (bicyclic) bond motifs is 1. The van der Waals surface area contributed by atoms with Gasteiger partial charge in [0.15, 0.2) is 11.3 Å². The molecule has 0 saturated heterocycles. The Bertz CT molecular complexity index is 1400. The van der Waals surface area contributed by atoms with E-state index in [2.05, 4.69) is 30.0 Å². The van der Waals surface area contributed by atoms with Gasteiger partial charge in [0.2, 0.25) is 5.92 Å². The first kappa shape index (κ1) is 29.7. The second kappa shape index (κ2) is 11.3. The van der Waals surface area contributed by atoms with Crippen LogP contribution in [0, 0.1) is 5.92 Å². The molecule has 4 rings (SSSR count). The van der Waals surface area contributed by atoms with Crippen molar-refractivity contribution in [2.75, 3.05) is 0 Å². The number of hydrogen-bond donors (Lipinski definition) is 1. The molecule has 10 nitrogen and oxygen atoms in total. The first-order chi connectivity index (χ1) is 18.6. The summed E-state index contributed by atoms with van der Waals surface area (Å²) in [4.78, 5) is 18.4. The molecule has 3 aromatic rings. The van der Waals surface area contributed by atoms with Crippen LogP contribution in [0.5, 0.6) is 0 Å². The van der Waals surface area contributed by atoms with Crippen LogP contribution in [0.2, 0.25) is 0 Å². The number of nitrogens with zero attached hydrogens (tertiary/aromatic N) is 7. The maximum atomic E-state index is 13.9. The Morgan fingerprint density at radius 3 is 2.58 bits per heavy atom. The summed E-state index contributed by atoms with van der Waals surface area (Å²) in [5.74, 6) is -3.90. The molecule has 1 saturated carbocycles. The summed E-state index contributed by atoms with van der Waals surface area (Å²) in [6, 6.07) is 0.858. The molecule has 1 N–H and O–H groups in total. The normalized spacial score (nSPS) is 18.3. The van der Waals surface area contributed by atoms with E-state index >= 15 is 0 Å². The molecule has 1 aliphatic carbocycles. The average Bonchev–Trinajstić information content (AvgIpc) is 3.50. The number of nitrogens with one attached hydrogen (secondary N) is 1. The lowest BCUT2D eigenvalue weighted by atomic mass is 9.81. The number of halogens is 5. The van der Waals surface area contributed by atoms with Gasteiger partial charge in [0.25, 0.3) is 5.91 Å². The highest BCUT2D eigenvalue weighted by Gasteiger charge is 2.39. The van der Waals surface area contributed by atoms with Gasteiger partial charge in [-0.15, -0.1) is 5.10 Å². The number of carbonyl (C=O) groups excluding carboxylic acids is 1. The molecule has 3 heterocycles. The molecule has 0 bridgehead atoms. The van der Waals surface area contributed by atoms with Gasteiger partial charge < -0.3 is 5.32 Å². The van der Waals surface area contributed by atoms with E-state index in [1.54, 1.807) is 33.0 Å². The van der Waals surface area contributed by atoms with Crippen LogP contribution in [0.1, 0.15) is 80.7 Å². The minimum atomic E-state index is -4.41. The molecule has 1 amide bonds. The zero-order valence-corrected chi connectivity index (χ0v) is 22.8. The number of aromatic nitrogens is 6. The molecular formula is C24H29F5N8O2S. The summed E-state index contributed by atoms with van der Waals surface area (Å²) >= 11 is 0. The lowest BCUT2D eigenvalue weighted by Gasteiger charge is -2.33. The highest BCUT2D eigenvalue weighted by molar-refractivity contribution is 7.85. The third-order valence-corrected chi connectivity index (χ3v) is 7.73. The van der Waals surface area contributed by atoms with E-state index in [0.29, 0.717) is 16.9 Å². The Labute approximate surface area is 229 Å². The molecule has 2 atom stereocenters. The van der Waals surface area contributed by atoms with E-state index in [4.69, 9.17) is 0 Å². The fourth-order valence-corrected chi connectivity index (χ4v) is 4.71. The second-order valence-corrected chi connectivity index (χ2v) is 12.6. The highest BCUT2D eigenvalue weighted by atomic mass is 32.2. The Kier molecular flexibility index (Phi) is 8.38. The van der Waals surface area contributed by atoms with Gasteiger partial charge in [-0.3, -0.25) is 4.79 Å². The average molecular weight is 589 g/mol. The summed E-state index contributed by atoms with van der Waals surface area (Å²) in [5.41, 5.74) is 1.09. The molecule has 1 unspecified atom stereocenters. The van der Waals surface area contributed by atoms with E-state index in [9.17, 15) is 31.0 Å². The third kappa shape index (κ3) is 7.67. The maximum absolute atomic E-state index is 13.9. The Morgan fingerprint density at radius 2 is 1.93 bits per heavy atom. The molecule has 0 aromatic carbocycles. The first-order valence-electron chi connectivity index (χ1n) is 12.6. The van der Waals surface area contributed by atoms with Gasteiger partial charge in [-0.2, -0.15) is 32.6 Å². The Hall–Kier alpha value is -3.30. The molecule has 0 aliphatic heterocycles. The fourth-order valence-electron chi connectivity index (χ4n) is 4.18. The quantitative estimate of drug-likeness (QED) is 0.307. The van der Waals surface area contributed by atoms with Crippen LogP contribution in [0.25, 0.3) is 5.65 Å². The van der Waals surface area contributed by atoms with Crippen LogP contribution in [-0.4, -0.2) is 62.8 Å². The molecule has 40 heavy (non-hydrogen) atoms. The van der Waals surface area contributed by atoms with E-state index < -0.39 is 52.7 Å². The van der Waals surface area contributed by atoms with Crippen LogP contribution in [0.15, 0.2) is 29.1 Å². The minimum absolute atomic E-state index is 0.119. The summed E-state index contributed by atoms with van der Waals surface area (Å²) in [5, 5.41) is 14.6. The smallest absolute Gasteiger partial charge is 0.342 e. The van der Waals surface area contributed by atoms with Crippen molar-refractivity contribution in [1.82, 2.24) is 34.9 Å². The number of aryl methyl sites for hydroxylation is 1. The molecule has 0 radical (unpaired) electrons. The largest absolute Gasteiger partial charge is 0.390 e. The first-order valence-corrected chi connectivity index (χ1v) is 13.7. The maximum Gasteiger partial charge on any atom is 0.390 e. The molecule has 0 spiro atoms. The SMILES string of the molecule is CC(C)(C)S(=O)/N=C/c1cnn2cc([C@@H](NC(=O)c3cnn(CCC(F)(F)F)n3)C3CCC(F)(F)CC3)nc2c1. The summed E-state index contributed by atoms with van der Waals surface area (Å²) in [6.07, 6.45) is -0.488. The molecule has 3 aromatic heterocycles. The molecule has 218 valence electrons. The van der Waals surface area contributed by atoms with E-state index in [-0.39, 0.29) is 37.3 Å². The Balaban J connectivity index is 1.57. The highest BCUT2D eigenvalue weighted by Crippen LogP contribution is 2.41. The van der Waals surface area contributed by atoms with Gasteiger partial charge in [-0.05, 0) is 45.6 Å². The van der Waals surface area contributed by atoms with Crippen molar-refractivity contribution in [3.05, 3.63) is 41.6 Å². The molecule has 16 heteroatoms. The number of rotatable bonds is 8. The fraction of sp³-hybridized carbons (Fsp3) is 0.583. The van der Waals surface area contributed by atoms with Crippen LogP contribution < -0.4 is 5.32 Å². The number of imidazole rings is 1. The standard InChI is InChI=1S/C24H29F5N8O2S/c1-22(2,3)40(39)32-12-15-10-19-33-18(14-36(19)30-11-15)20(16-4-6-23(25,26)7-5-16)34-21(38)17-13-31-37(35-17)9-8-24(27,28)29/h10-14,16,20H,4-9H2,1-3H3,(H,34,38)/b32-12+/t20-,40?/m0/s1.